The van der Waals surface area contributed by atoms with Crippen LogP contribution in [0.25, 0.3) is 0 Å². The van der Waals surface area contributed by atoms with Gasteiger partial charge in [-0.2, -0.15) is 5.26 Å². The zero-order chi connectivity index (χ0) is 12.5. The normalized spacial score (nSPS) is 14.1. The van der Waals surface area contributed by atoms with Gasteiger partial charge in [0.05, 0.1) is 5.01 Å². The van der Waals surface area contributed by atoms with E-state index in [1.54, 1.807) is 0 Å². The lowest BCUT2D eigenvalue weighted by atomic mass is 10.0. The molecule has 0 N–H and O–H groups in total. The third kappa shape index (κ3) is 1.77. The predicted molar refractivity (Wildman–Crippen MR) is 73.3 cm³/mol. The van der Waals surface area contributed by atoms with Crippen LogP contribution < -0.4 is 4.90 Å². The molecule has 18 heavy (non-hydrogen) atoms. The molecule has 3 rings (SSSR count). The Morgan fingerprint density at radius 1 is 1.39 bits per heavy atom. The number of aryl methyl sites for hydroxylation is 2. The molecule has 1 aromatic heterocycles. The molecule has 3 nitrogen and oxygen atoms in total. The summed E-state index contributed by atoms with van der Waals surface area (Å²) in [5, 5.41) is 10.2. The van der Waals surface area contributed by atoms with Crippen LogP contribution in [0.1, 0.15) is 21.9 Å². The number of nitriles is 1. The number of hydrogen-bond donors (Lipinski definition) is 0. The summed E-state index contributed by atoms with van der Waals surface area (Å²) in [6, 6.07) is 10.6. The number of benzene rings is 1. The summed E-state index contributed by atoms with van der Waals surface area (Å²) < 4.78 is 0. The number of para-hydroxylation sites is 1. The fourth-order valence-corrected chi connectivity index (χ4v) is 3.15. The molecule has 0 amide bonds. The van der Waals surface area contributed by atoms with Crippen molar-refractivity contribution in [3.8, 4) is 6.07 Å². The van der Waals surface area contributed by atoms with Crippen LogP contribution in [-0.4, -0.2) is 11.5 Å². The molecule has 0 atom stereocenters. The second-order valence-electron chi connectivity index (χ2n) is 4.38. The standard InChI is InChI=1S/C14H13N3S/c1-10-16-14(13(9-15)18-10)17-8-4-6-11-5-2-3-7-12(11)17/h2-3,5,7H,4,6,8H2,1H3. The second kappa shape index (κ2) is 4.43. The van der Waals surface area contributed by atoms with Gasteiger partial charge in [-0.15, -0.1) is 11.3 Å². The van der Waals surface area contributed by atoms with E-state index in [-0.39, 0.29) is 0 Å². The summed E-state index contributed by atoms with van der Waals surface area (Å²) in [7, 11) is 0. The van der Waals surface area contributed by atoms with Gasteiger partial charge in [0.1, 0.15) is 10.9 Å². The van der Waals surface area contributed by atoms with Gasteiger partial charge in [-0.3, -0.25) is 0 Å². The highest BCUT2D eigenvalue weighted by molar-refractivity contribution is 7.12. The molecular weight excluding hydrogens is 242 g/mol. The number of thiazole rings is 1. The summed E-state index contributed by atoms with van der Waals surface area (Å²) in [6.45, 7) is 2.89. The highest BCUT2D eigenvalue weighted by Gasteiger charge is 2.22. The summed E-state index contributed by atoms with van der Waals surface area (Å²) in [6.07, 6.45) is 2.22. The lowest BCUT2D eigenvalue weighted by Gasteiger charge is -2.29. The van der Waals surface area contributed by atoms with Gasteiger partial charge >= 0.3 is 0 Å². The van der Waals surface area contributed by atoms with Crippen molar-refractivity contribution in [1.29, 1.82) is 5.26 Å². The number of hydrogen-bond acceptors (Lipinski definition) is 4. The van der Waals surface area contributed by atoms with Crippen molar-refractivity contribution in [2.75, 3.05) is 11.4 Å². The van der Waals surface area contributed by atoms with E-state index in [4.69, 9.17) is 0 Å². The average molecular weight is 255 g/mol. The first kappa shape index (κ1) is 11.2. The highest BCUT2D eigenvalue weighted by atomic mass is 32.1. The van der Waals surface area contributed by atoms with E-state index in [1.807, 2.05) is 13.0 Å². The molecule has 0 fully saturated rings. The molecule has 0 saturated carbocycles. The maximum Gasteiger partial charge on any atom is 0.162 e. The molecule has 1 aliphatic heterocycles. The SMILES string of the molecule is Cc1nc(N2CCCc3ccccc32)c(C#N)s1. The van der Waals surface area contributed by atoms with Gasteiger partial charge in [-0.25, -0.2) is 4.98 Å². The van der Waals surface area contributed by atoms with E-state index in [1.165, 1.54) is 22.6 Å². The first-order chi connectivity index (χ1) is 8.79. The third-order valence-corrected chi connectivity index (χ3v) is 4.05. The molecule has 1 aliphatic rings. The Balaban J connectivity index is 2.11. The zero-order valence-corrected chi connectivity index (χ0v) is 11.0. The Kier molecular flexibility index (Phi) is 2.77. The first-order valence-electron chi connectivity index (χ1n) is 6.02. The molecule has 0 bridgehead atoms. The fourth-order valence-electron chi connectivity index (χ4n) is 2.43. The van der Waals surface area contributed by atoms with Gasteiger partial charge in [0.15, 0.2) is 5.82 Å². The molecule has 1 aromatic carbocycles. The molecule has 0 spiro atoms. The van der Waals surface area contributed by atoms with Crippen LogP contribution in [-0.2, 0) is 6.42 Å². The smallest absolute Gasteiger partial charge is 0.162 e. The van der Waals surface area contributed by atoms with Gasteiger partial charge in [-0.1, -0.05) is 18.2 Å². The van der Waals surface area contributed by atoms with Crippen LogP contribution >= 0.6 is 11.3 Å². The Bertz CT molecular complexity index is 624. The van der Waals surface area contributed by atoms with Crippen molar-refractivity contribution in [2.24, 2.45) is 0 Å². The molecule has 0 aliphatic carbocycles. The lowest BCUT2D eigenvalue weighted by molar-refractivity contribution is 0.760. The van der Waals surface area contributed by atoms with E-state index >= 15 is 0 Å². The maximum atomic E-state index is 9.20. The summed E-state index contributed by atoms with van der Waals surface area (Å²) >= 11 is 1.47. The molecule has 0 saturated heterocycles. The maximum absolute atomic E-state index is 9.20. The minimum absolute atomic E-state index is 0.712. The Labute approximate surface area is 110 Å². The number of aromatic nitrogens is 1. The van der Waals surface area contributed by atoms with E-state index in [2.05, 4.69) is 34.2 Å². The first-order valence-corrected chi connectivity index (χ1v) is 6.84. The van der Waals surface area contributed by atoms with Crippen LogP contribution in [0, 0.1) is 18.3 Å². The van der Waals surface area contributed by atoms with Crippen molar-refractivity contribution in [3.05, 3.63) is 39.7 Å². The highest BCUT2D eigenvalue weighted by Crippen LogP contribution is 2.36. The quantitative estimate of drug-likeness (QED) is 0.784. The Hall–Kier alpha value is -1.86. The molecule has 0 unspecified atom stereocenters. The minimum atomic E-state index is 0.712. The van der Waals surface area contributed by atoms with Crippen LogP contribution in [0.2, 0.25) is 0 Å². The van der Waals surface area contributed by atoms with Crippen molar-refractivity contribution in [3.63, 3.8) is 0 Å². The van der Waals surface area contributed by atoms with Crippen LogP contribution in [0.5, 0.6) is 0 Å². The Morgan fingerprint density at radius 3 is 3.06 bits per heavy atom. The molecule has 90 valence electrons. The third-order valence-electron chi connectivity index (χ3n) is 3.18. The van der Waals surface area contributed by atoms with Gasteiger partial charge in [-0.05, 0) is 31.4 Å². The molecule has 2 heterocycles. The van der Waals surface area contributed by atoms with Crippen molar-refractivity contribution >= 4 is 22.8 Å². The summed E-state index contributed by atoms with van der Waals surface area (Å²) in [5.41, 5.74) is 2.55. The summed E-state index contributed by atoms with van der Waals surface area (Å²) in [4.78, 5) is 7.42. The second-order valence-corrected chi connectivity index (χ2v) is 5.58. The number of fused-ring (bicyclic) bond motifs is 1. The lowest BCUT2D eigenvalue weighted by Crippen LogP contribution is -2.25. The van der Waals surface area contributed by atoms with Gasteiger partial charge in [0.2, 0.25) is 0 Å². The number of rotatable bonds is 1. The van der Waals surface area contributed by atoms with Crippen LogP contribution in [0.15, 0.2) is 24.3 Å². The minimum Gasteiger partial charge on any atom is -0.324 e. The van der Waals surface area contributed by atoms with Gasteiger partial charge in [0, 0.05) is 12.2 Å². The summed E-state index contributed by atoms with van der Waals surface area (Å²) in [5.74, 6) is 0.826. The topological polar surface area (TPSA) is 39.9 Å². The number of anilines is 2. The average Bonchev–Trinajstić information content (AvgIpc) is 2.79. The molecule has 4 heteroatoms. The van der Waals surface area contributed by atoms with E-state index in [0.717, 1.165) is 30.2 Å². The van der Waals surface area contributed by atoms with Crippen LogP contribution in [0.4, 0.5) is 11.5 Å². The largest absolute Gasteiger partial charge is 0.324 e. The van der Waals surface area contributed by atoms with Crippen molar-refractivity contribution in [2.45, 2.75) is 19.8 Å². The Morgan fingerprint density at radius 2 is 2.22 bits per heavy atom. The predicted octanol–water partition coefficient (Wildman–Crippen LogP) is 3.41. The van der Waals surface area contributed by atoms with Gasteiger partial charge in [0.25, 0.3) is 0 Å². The van der Waals surface area contributed by atoms with E-state index < -0.39 is 0 Å². The van der Waals surface area contributed by atoms with Crippen molar-refractivity contribution < 1.29 is 0 Å². The van der Waals surface area contributed by atoms with Crippen molar-refractivity contribution in [1.82, 2.24) is 4.98 Å². The molecule has 0 radical (unpaired) electrons. The number of nitrogens with zero attached hydrogens (tertiary/aromatic N) is 3. The molecule has 2 aromatic rings. The van der Waals surface area contributed by atoms with Crippen LogP contribution in [0.3, 0.4) is 0 Å². The monoisotopic (exact) mass is 255 g/mol. The fraction of sp³-hybridized carbons (Fsp3) is 0.286. The van der Waals surface area contributed by atoms with E-state index in [0.29, 0.717) is 4.88 Å². The molecular formula is C14H13N3S. The zero-order valence-electron chi connectivity index (χ0n) is 10.2. The van der Waals surface area contributed by atoms with E-state index in [9.17, 15) is 5.26 Å². The van der Waals surface area contributed by atoms with Gasteiger partial charge < -0.3 is 4.90 Å².